The van der Waals surface area contributed by atoms with Crippen molar-refractivity contribution in [3.8, 4) is 11.6 Å². The SMILES string of the molecule is C=CC(=O)Nc1cccc(-n2cc(Nc3cn(C)nc3OC)c3ncc(C4CC4)n3c2=O)c1. The third-order valence-corrected chi connectivity index (χ3v) is 5.52. The van der Waals surface area contributed by atoms with Crippen LogP contribution in [-0.4, -0.2) is 36.7 Å². The Morgan fingerprint density at radius 2 is 2.09 bits per heavy atom. The van der Waals surface area contributed by atoms with Crippen molar-refractivity contribution < 1.29 is 9.53 Å². The molecule has 1 saturated carbocycles. The maximum atomic E-state index is 13.6. The first-order valence-electron chi connectivity index (χ1n) is 10.5. The highest BCUT2D eigenvalue weighted by molar-refractivity contribution is 5.99. The summed E-state index contributed by atoms with van der Waals surface area (Å²) in [5, 5.41) is 10.3. The summed E-state index contributed by atoms with van der Waals surface area (Å²) < 4.78 is 10.2. The maximum absolute atomic E-state index is 13.6. The van der Waals surface area contributed by atoms with E-state index in [0.29, 0.717) is 40.2 Å². The molecule has 0 bridgehead atoms. The lowest BCUT2D eigenvalue weighted by molar-refractivity contribution is -0.111. The Kier molecular flexibility index (Phi) is 4.97. The highest BCUT2D eigenvalue weighted by Gasteiger charge is 2.29. The normalized spacial score (nSPS) is 13.2. The van der Waals surface area contributed by atoms with Gasteiger partial charge >= 0.3 is 5.69 Å². The molecule has 33 heavy (non-hydrogen) atoms. The lowest BCUT2D eigenvalue weighted by Crippen LogP contribution is -2.27. The van der Waals surface area contributed by atoms with E-state index in [-0.39, 0.29) is 11.6 Å². The molecule has 10 nitrogen and oxygen atoms in total. The molecular weight excluding hydrogens is 422 g/mol. The molecule has 1 fully saturated rings. The van der Waals surface area contributed by atoms with Crippen molar-refractivity contribution >= 4 is 28.6 Å². The van der Waals surface area contributed by atoms with Crippen LogP contribution in [0.15, 0.2) is 60.3 Å². The molecule has 10 heteroatoms. The maximum Gasteiger partial charge on any atom is 0.338 e. The van der Waals surface area contributed by atoms with Crippen LogP contribution in [-0.2, 0) is 11.8 Å². The van der Waals surface area contributed by atoms with Gasteiger partial charge in [0.1, 0.15) is 5.69 Å². The summed E-state index contributed by atoms with van der Waals surface area (Å²) in [6, 6.07) is 7.06. The number of fused-ring (bicyclic) bond motifs is 1. The van der Waals surface area contributed by atoms with E-state index in [2.05, 4.69) is 27.3 Å². The Morgan fingerprint density at radius 3 is 2.82 bits per heavy atom. The summed E-state index contributed by atoms with van der Waals surface area (Å²) in [7, 11) is 3.35. The number of rotatable bonds is 7. The first kappa shape index (κ1) is 20.6. The molecule has 3 aromatic heterocycles. The summed E-state index contributed by atoms with van der Waals surface area (Å²) in [5.74, 6) is 0.422. The van der Waals surface area contributed by atoms with E-state index in [4.69, 9.17) is 4.74 Å². The molecule has 1 aliphatic rings. The molecule has 0 unspecified atom stereocenters. The van der Waals surface area contributed by atoms with Crippen LogP contribution in [0.4, 0.5) is 17.1 Å². The zero-order valence-electron chi connectivity index (χ0n) is 18.3. The number of benzene rings is 1. The number of nitrogens with one attached hydrogen (secondary N) is 2. The number of carbonyl (C=O) groups excluding carboxylic acids is 1. The van der Waals surface area contributed by atoms with Gasteiger partial charge in [0.25, 0.3) is 5.88 Å². The smallest absolute Gasteiger partial charge is 0.338 e. The Bertz CT molecular complexity index is 1440. The average Bonchev–Trinajstić information content (AvgIpc) is 3.45. The molecule has 0 spiro atoms. The summed E-state index contributed by atoms with van der Waals surface area (Å²) in [6.07, 6.45) is 8.52. The van der Waals surface area contributed by atoms with Crippen molar-refractivity contribution in [3.63, 3.8) is 0 Å². The quantitative estimate of drug-likeness (QED) is 0.424. The van der Waals surface area contributed by atoms with Gasteiger partial charge < -0.3 is 15.4 Å². The van der Waals surface area contributed by atoms with Gasteiger partial charge in [-0.25, -0.2) is 14.2 Å². The standard InChI is InChI=1S/C23H23N7O3/c1-4-20(31)25-15-6-5-7-16(10-15)29-13-17(26-18-12-28(2)27-22(18)33-3)21-24-11-19(14-8-9-14)30(21)23(29)32/h4-7,10-14,26H,1,8-9H2,2-3H3,(H,25,31). The van der Waals surface area contributed by atoms with Crippen molar-refractivity contribution in [1.29, 1.82) is 0 Å². The summed E-state index contributed by atoms with van der Waals surface area (Å²) in [6.45, 7) is 3.48. The largest absolute Gasteiger partial charge is 0.478 e. The van der Waals surface area contributed by atoms with Crippen LogP contribution in [0.5, 0.6) is 5.88 Å². The lowest BCUT2D eigenvalue weighted by Gasteiger charge is -2.14. The molecule has 3 heterocycles. The summed E-state index contributed by atoms with van der Waals surface area (Å²) >= 11 is 0. The second kappa shape index (κ2) is 7.97. The van der Waals surface area contributed by atoms with E-state index in [9.17, 15) is 9.59 Å². The number of imidazole rings is 1. The molecular formula is C23H23N7O3. The third kappa shape index (κ3) is 3.75. The van der Waals surface area contributed by atoms with Gasteiger partial charge in [-0.3, -0.25) is 14.0 Å². The number of amides is 1. The van der Waals surface area contributed by atoms with Gasteiger partial charge in [-0.15, -0.1) is 5.10 Å². The van der Waals surface area contributed by atoms with Gasteiger partial charge in [-0.05, 0) is 37.1 Å². The summed E-state index contributed by atoms with van der Waals surface area (Å²) in [4.78, 5) is 29.9. The fraction of sp³-hybridized carbons (Fsp3) is 0.217. The lowest BCUT2D eigenvalue weighted by atomic mass is 10.2. The molecule has 168 valence electrons. The fourth-order valence-corrected chi connectivity index (χ4v) is 3.82. The molecule has 2 N–H and O–H groups in total. The molecule has 5 rings (SSSR count). The van der Waals surface area contributed by atoms with Gasteiger partial charge in [-0.1, -0.05) is 12.6 Å². The van der Waals surface area contributed by atoms with Crippen LogP contribution in [0, 0.1) is 0 Å². The van der Waals surface area contributed by atoms with Gasteiger partial charge in [0, 0.05) is 31.0 Å². The number of aromatic nitrogens is 5. The van der Waals surface area contributed by atoms with Crippen molar-refractivity contribution in [2.45, 2.75) is 18.8 Å². The first-order chi connectivity index (χ1) is 16.0. The van der Waals surface area contributed by atoms with Gasteiger partial charge in [0.2, 0.25) is 5.91 Å². The molecule has 1 amide bonds. The number of nitrogens with zero attached hydrogens (tertiary/aromatic N) is 5. The summed E-state index contributed by atoms with van der Waals surface area (Å²) in [5.41, 5.74) is 3.60. The first-order valence-corrected chi connectivity index (χ1v) is 10.5. The highest BCUT2D eigenvalue weighted by Crippen LogP contribution is 2.40. The zero-order valence-corrected chi connectivity index (χ0v) is 18.3. The van der Waals surface area contributed by atoms with Crippen LogP contribution in [0.25, 0.3) is 11.3 Å². The van der Waals surface area contributed by atoms with Crippen LogP contribution in [0.3, 0.4) is 0 Å². The van der Waals surface area contributed by atoms with Crippen LogP contribution in [0.2, 0.25) is 0 Å². The number of hydrogen-bond acceptors (Lipinski definition) is 6. The predicted octanol–water partition coefficient (Wildman–Crippen LogP) is 2.97. The molecule has 4 aromatic rings. The van der Waals surface area contributed by atoms with Crippen LogP contribution >= 0.6 is 0 Å². The van der Waals surface area contributed by atoms with E-state index in [1.807, 2.05) is 0 Å². The fourth-order valence-electron chi connectivity index (χ4n) is 3.82. The molecule has 0 saturated heterocycles. The Labute approximate surface area is 189 Å². The highest BCUT2D eigenvalue weighted by atomic mass is 16.5. The Balaban J connectivity index is 1.68. The van der Waals surface area contributed by atoms with Gasteiger partial charge in [0.15, 0.2) is 5.65 Å². The monoisotopic (exact) mass is 445 g/mol. The van der Waals surface area contributed by atoms with Crippen LogP contribution in [0.1, 0.15) is 24.5 Å². The van der Waals surface area contributed by atoms with Crippen molar-refractivity contribution in [2.24, 2.45) is 7.05 Å². The second-order valence-electron chi connectivity index (χ2n) is 7.91. The molecule has 0 atom stereocenters. The van der Waals surface area contributed by atoms with Gasteiger partial charge in [0.05, 0.1) is 30.4 Å². The topological polar surface area (TPSA) is 107 Å². The van der Waals surface area contributed by atoms with E-state index >= 15 is 0 Å². The van der Waals surface area contributed by atoms with Crippen LogP contribution < -0.4 is 21.1 Å². The van der Waals surface area contributed by atoms with Gasteiger partial charge in [-0.2, -0.15) is 0 Å². The number of anilines is 3. The van der Waals surface area contributed by atoms with E-state index in [1.165, 1.54) is 10.6 Å². The van der Waals surface area contributed by atoms with E-state index in [1.54, 1.807) is 66.1 Å². The molecule has 1 aromatic carbocycles. The molecule has 0 aliphatic heterocycles. The third-order valence-electron chi connectivity index (χ3n) is 5.52. The van der Waals surface area contributed by atoms with Crippen molar-refractivity contribution in [1.82, 2.24) is 23.7 Å². The number of carbonyl (C=O) groups is 1. The number of methoxy groups -OCH3 is 1. The van der Waals surface area contributed by atoms with Crippen molar-refractivity contribution in [3.05, 3.63) is 71.7 Å². The van der Waals surface area contributed by atoms with E-state index < -0.39 is 0 Å². The minimum atomic E-state index is -0.327. The molecule has 0 radical (unpaired) electrons. The number of ether oxygens (including phenoxy) is 1. The van der Waals surface area contributed by atoms with E-state index in [0.717, 1.165) is 18.5 Å². The predicted molar refractivity (Wildman–Crippen MR) is 125 cm³/mol. The molecule has 1 aliphatic carbocycles. The Morgan fingerprint density at radius 1 is 1.27 bits per heavy atom. The number of hydrogen-bond donors (Lipinski definition) is 2. The minimum Gasteiger partial charge on any atom is -0.478 e. The average molecular weight is 445 g/mol. The Hall–Kier alpha value is -4.34. The second-order valence-corrected chi connectivity index (χ2v) is 7.91. The zero-order chi connectivity index (χ0) is 23.1. The van der Waals surface area contributed by atoms with Crippen molar-refractivity contribution in [2.75, 3.05) is 17.7 Å². The minimum absolute atomic E-state index is 0.236. The number of aryl methyl sites for hydroxylation is 1.